The van der Waals surface area contributed by atoms with E-state index in [1.165, 1.54) is 25.0 Å². The Morgan fingerprint density at radius 2 is 2.53 bits per heavy atom. The van der Waals surface area contributed by atoms with E-state index in [1.54, 1.807) is 6.20 Å². The molecule has 7 heteroatoms. The highest BCUT2D eigenvalue weighted by Crippen LogP contribution is 2.29. The van der Waals surface area contributed by atoms with Crippen molar-refractivity contribution >= 4 is 23.5 Å². The number of ether oxygens (including phenoxy) is 1. The first-order valence-corrected chi connectivity index (χ1v) is 8.49. The fourth-order valence-corrected chi connectivity index (χ4v) is 3.78. The van der Waals surface area contributed by atoms with Crippen molar-refractivity contribution in [2.24, 2.45) is 0 Å². The van der Waals surface area contributed by atoms with Gasteiger partial charge in [-0.2, -0.15) is 16.1 Å². The van der Waals surface area contributed by atoms with Crippen molar-refractivity contribution < 1.29 is 9.84 Å². The van der Waals surface area contributed by atoms with Gasteiger partial charge in [-0.25, -0.2) is 0 Å². The van der Waals surface area contributed by atoms with Gasteiger partial charge in [0.05, 0.1) is 11.7 Å². The molecule has 1 fully saturated rings. The Morgan fingerprint density at radius 3 is 3.26 bits per heavy atom. The SMILES string of the molecule is CCSC1CCC(NCC(O)COc2cnsn2)C1. The monoisotopic (exact) mass is 303 g/mol. The zero-order chi connectivity index (χ0) is 13.5. The molecule has 1 heterocycles. The normalized spacial score (nSPS) is 24.5. The van der Waals surface area contributed by atoms with Crippen molar-refractivity contribution in [3.05, 3.63) is 6.20 Å². The summed E-state index contributed by atoms with van der Waals surface area (Å²) in [6.07, 6.45) is 4.77. The van der Waals surface area contributed by atoms with E-state index >= 15 is 0 Å². The van der Waals surface area contributed by atoms with E-state index in [-0.39, 0.29) is 6.61 Å². The molecule has 2 N–H and O–H groups in total. The van der Waals surface area contributed by atoms with Crippen LogP contribution in [0.25, 0.3) is 0 Å². The fraction of sp³-hybridized carbons (Fsp3) is 0.833. The molecular formula is C12H21N3O2S2. The molecule has 3 unspecified atom stereocenters. The van der Waals surface area contributed by atoms with Crippen molar-refractivity contribution in [1.82, 2.24) is 14.1 Å². The second-order valence-electron chi connectivity index (χ2n) is 4.71. The molecule has 0 aliphatic heterocycles. The van der Waals surface area contributed by atoms with E-state index in [1.807, 2.05) is 11.8 Å². The lowest BCUT2D eigenvalue weighted by Crippen LogP contribution is -2.37. The number of aliphatic hydroxyl groups excluding tert-OH is 1. The molecule has 0 radical (unpaired) electrons. The van der Waals surface area contributed by atoms with Crippen LogP contribution in [0, 0.1) is 0 Å². The van der Waals surface area contributed by atoms with E-state index in [0.29, 0.717) is 18.5 Å². The Kier molecular flexibility index (Phi) is 6.36. The van der Waals surface area contributed by atoms with Gasteiger partial charge in [-0.3, -0.25) is 0 Å². The van der Waals surface area contributed by atoms with E-state index < -0.39 is 6.10 Å². The summed E-state index contributed by atoms with van der Waals surface area (Å²) in [5, 5.41) is 14.1. The average molecular weight is 303 g/mol. The summed E-state index contributed by atoms with van der Waals surface area (Å²) in [6.45, 7) is 3.05. The van der Waals surface area contributed by atoms with Crippen LogP contribution in [-0.4, -0.2) is 50.2 Å². The van der Waals surface area contributed by atoms with Crippen LogP contribution in [-0.2, 0) is 0 Å². The summed E-state index contributed by atoms with van der Waals surface area (Å²) in [5.41, 5.74) is 0. The van der Waals surface area contributed by atoms with Gasteiger partial charge >= 0.3 is 0 Å². The number of nitrogens with zero attached hydrogens (tertiary/aromatic N) is 2. The molecule has 0 aromatic carbocycles. The number of hydrogen-bond acceptors (Lipinski definition) is 7. The largest absolute Gasteiger partial charge is 0.473 e. The van der Waals surface area contributed by atoms with Gasteiger partial charge < -0.3 is 15.2 Å². The van der Waals surface area contributed by atoms with Crippen LogP contribution in [0.15, 0.2) is 6.20 Å². The van der Waals surface area contributed by atoms with E-state index in [4.69, 9.17) is 4.74 Å². The van der Waals surface area contributed by atoms with Gasteiger partial charge in [0.1, 0.15) is 18.9 Å². The van der Waals surface area contributed by atoms with Crippen molar-refractivity contribution in [3.63, 3.8) is 0 Å². The minimum Gasteiger partial charge on any atom is -0.473 e. The molecule has 0 amide bonds. The summed E-state index contributed by atoms with van der Waals surface area (Å²) in [6, 6.07) is 0.541. The zero-order valence-electron chi connectivity index (χ0n) is 11.1. The highest BCUT2D eigenvalue weighted by molar-refractivity contribution is 7.99. The number of aliphatic hydroxyl groups is 1. The predicted octanol–water partition coefficient (Wildman–Crippen LogP) is 1.54. The molecule has 0 saturated heterocycles. The van der Waals surface area contributed by atoms with Gasteiger partial charge in [0.25, 0.3) is 0 Å². The van der Waals surface area contributed by atoms with Crippen LogP contribution >= 0.6 is 23.5 Å². The van der Waals surface area contributed by atoms with Crippen LogP contribution in [0.1, 0.15) is 26.2 Å². The van der Waals surface area contributed by atoms with Crippen LogP contribution in [0.5, 0.6) is 5.88 Å². The molecule has 1 aromatic rings. The second-order valence-corrected chi connectivity index (χ2v) is 6.84. The summed E-state index contributed by atoms with van der Waals surface area (Å²) < 4.78 is 13.1. The number of aromatic nitrogens is 2. The maximum absolute atomic E-state index is 9.84. The van der Waals surface area contributed by atoms with Gasteiger partial charge in [-0.05, 0) is 25.0 Å². The molecule has 1 aliphatic carbocycles. The second kappa shape index (κ2) is 8.04. The quantitative estimate of drug-likeness (QED) is 0.759. The first-order valence-electron chi connectivity index (χ1n) is 6.71. The minimum atomic E-state index is -0.500. The highest BCUT2D eigenvalue weighted by Gasteiger charge is 2.24. The standard InChI is InChI=1S/C12H21N3O2S2/c1-2-18-11-4-3-9(5-11)13-6-10(16)8-17-12-7-14-19-15-12/h7,9-11,13,16H,2-6,8H2,1H3. The number of hydrogen-bond donors (Lipinski definition) is 2. The maximum atomic E-state index is 9.84. The Morgan fingerprint density at radius 1 is 1.63 bits per heavy atom. The maximum Gasteiger partial charge on any atom is 0.245 e. The molecule has 108 valence electrons. The third-order valence-electron chi connectivity index (χ3n) is 3.19. The van der Waals surface area contributed by atoms with E-state index in [9.17, 15) is 5.11 Å². The molecule has 0 bridgehead atoms. The topological polar surface area (TPSA) is 67.3 Å². The Hall–Kier alpha value is -0.370. The highest BCUT2D eigenvalue weighted by atomic mass is 32.2. The van der Waals surface area contributed by atoms with Crippen LogP contribution in [0.2, 0.25) is 0 Å². The van der Waals surface area contributed by atoms with E-state index in [2.05, 4.69) is 21.0 Å². The van der Waals surface area contributed by atoms with Crippen LogP contribution in [0.3, 0.4) is 0 Å². The van der Waals surface area contributed by atoms with Gasteiger partial charge in [0.2, 0.25) is 5.88 Å². The molecule has 1 aliphatic rings. The number of thioether (sulfide) groups is 1. The molecular weight excluding hydrogens is 282 g/mol. The third-order valence-corrected chi connectivity index (χ3v) is 4.89. The summed E-state index contributed by atoms with van der Waals surface area (Å²) in [5.74, 6) is 1.68. The number of nitrogens with one attached hydrogen (secondary N) is 1. The molecule has 1 aromatic heterocycles. The molecule has 19 heavy (non-hydrogen) atoms. The summed E-state index contributed by atoms with van der Waals surface area (Å²) in [4.78, 5) is 0. The lowest BCUT2D eigenvalue weighted by Gasteiger charge is -2.16. The van der Waals surface area contributed by atoms with Crippen molar-refractivity contribution in [2.75, 3.05) is 18.9 Å². The predicted molar refractivity (Wildman–Crippen MR) is 79.0 cm³/mol. The van der Waals surface area contributed by atoms with Crippen LogP contribution < -0.4 is 10.1 Å². The van der Waals surface area contributed by atoms with Gasteiger partial charge in [-0.15, -0.1) is 4.37 Å². The van der Waals surface area contributed by atoms with Gasteiger partial charge in [0, 0.05) is 17.8 Å². The first kappa shape index (κ1) is 15.0. The first-order chi connectivity index (χ1) is 9.28. The average Bonchev–Trinajstić information content (AvgIpc) is 3.05. The minimum absolute atomic E-state index is 0.262. The van der Waals surface area contributed by atoms with Crippen molar-refractivity contribution in [1.29, 1.82) is 0 Å². The third kappa shape index (κ3) is 5.25. The molecule has 1 saturated carbocycles. The van der Waals surface area contributed by atoms with E-state index in [0.717, 1.165) is 17.0 Å². The van der Waals surface area contributed by atoms with Crippen molar-refractivity contribution in [3.8, 4) is 5.88 Å². The lowest BCUT2D eigenvalue weighted by molar-refractivity contribution is 0.102. The zero-order valence-corrected chi connectivity index (χ0v) is 12.8. The number of rotatable bonds is 8. The Bertz CT molecular complexity index is 351. The Balaban J connectivity index is 1.57. The van der Waals surface area contributed by atoms with Crippen LogP contribution in [0.4, 0.5) is 0 Å². The van der Waals surface area contributed by atoms with Crippen molar-refractivity contribution in [2.45, 2.75) is 43.6 Å². The molecule has 3 atom stereocenters. The molecule has 2 rings (SSSR count). The van der Waals surface area contributed by atoms with Gasteiger partial charge in [0.15, 0.2) is 0 Å². The molecule has 5 nitrogen and oxygen atoms in total. The van der Waals surface area contributed by atoms with Gasteiger partial charge in [-0.1, -0.05) is 6.92 Å². The fourth-order valence-electron chi connectivity index (χ4n) is 2.28. The molecule has 0 spiro atoms. The summed E-state index contributed by atoms with van der Waals surface area (Å²) in [7, 11) is 0. The summed E-state index contributed by atoms with van der Waals surface area (Å²) >= 11 is 3.15. The smallest absolute Gasteiger partial charge is 0.245 e. The Labute approximate surface area is 122 Å². The lowest BCUT2D eigenvalue weighted by atomic mass is 10.2.